The van der Waals surface area contributed by atoms with Crippen LogP contribution in [0.2, 0.25) is 0 Å². The molecule has 0 spiro atoms. The molecule has 1 aromatic rings. The number of ether oxygens (including phenoxy) is 1. The molecule has 116 valence electrons. The third-order valence-electron chi connectivity index (χ3n) is 3.15. The number of esters is 1. The number of carbonyl (C=O) groups is 2. The van der Waals surface area contributed by atoms with Crippen LogP contribution in [0.25, 0.3) is 0 Å². The van der Waals surface area contributed by atoms with Gasteiger partial charge >= 0.3 is 5.97 Å². The number of amides is 1. The van der Waals surface area contributed by atoms with E-state index < -0.39 is 24.0 Å². The van der Waals surface area contributed by atoms with Crippen molar-refractivity contribution in [2.75, 3.05) is 7.11 Å². The molecule has 0 aliphatic rings. The first-order valence-electron chi connectivity index (χ1n) is 6.76. The Morgan fingerprint density at radius 3 is 2.33 bits per heavy atom. The molecular weight excluding hydrogens is 272 g/mol. The fourth-order valence-corrected chi connectivity index (χ4v) is 1.86. The zero-order valence-electron chi connectivity index (χ0n) is 12.5. The fourth-order valence-electron chi connectivity index (χ4n) is 1.86. The molecular formula is C15H22N2O4. The van der Waals surface area contributed by atoms with E-state index in [0.717, 1.165) is 5.56 Å². The van der Waals surface area contributed by atoms with Gasteiger partial charge < -0.3 is 20.9 Å². The number of hydrogen-bond donors (Lipinski definition) is 3. The van der Waals surface area contributed by atoms with Crippen molar-refractivity contribution in [3.8, 4) is 5.75 Å². The van der Waals surface area contributed by atoms with Crippen LogP contribution < -0.4 is 11.1 Å². The lowest BCUT2D eigenvalue weighted by molar-refractivity contribution is -0.146. The number of benzene rings is 1. The molecule has 0 saturated heterocycles. The van der Waals surface area contributed by atoms with Crippen LogP contribution in [-0.4, -0.2) is 36.2 Å². The van der Waals surface area contributed by atoms with E-state index in [0.29, 0.717) is 6.42 Å². The predicted octanol–water partition coefficient (Wildman–Crippen LogP) is 0.576. The van der Waals surface area contributed by atoms with Crippen molar-refractivity contribution < 1.29 is 19.4 Å². The van der Waals surface area contributed by atoms with Crippen molar-refractivity contribution >= 4 is 11.9 Å². The van der Waals surface area contributed by atoms with Gasteiger partial charge in [-0.25, -0.2) is 4.79 Å². The highest BCUT2D eigenvalue weighted by molar-refractivity contribution is 5.87. The van der Waals surface area contributed by atoms with Gasteiger partial charge in [0.15, 0.2) is 0 Å². The molecule has 1 aromatic carbocycles. The molecule has 1 amide bonds. The Labute approximate surface area is 124 Å². The van der Waals surface area contributed by atoms with E-state index >= 15 is 0 Å². The zero-order valence-corrected chi connectivity index (χ0v) is 12.5. The second-order valence-electron chi connectivity index (χ2n) is 5.23. The van der Waals surface area contributed by atoms with Crippen LogP contribution in [0.1, 0.15) is 19.4 Å². The summed E-state index contributed by atoms with van der Waals surface area (Å²) in [4.78, 5) is 23.7. The highest BCUT2D eigenvalue weighted by Gasteiger charge is 2.27. The summed E-state index contributed by atoms with van der Waals surface area (Å²) in [7, 11) is 1.28. The Kier molecular flexibility index (Phi) is 6.17. The van der Waals surface area contributed by atoms with Gasteiger partial charge in [-0.1, -0.05) is 26.0 Å². The van der Waals surface area contributed by atoms with Crippen LogP contribution in [0, 0.1) is 5.92 Å². The van der Waals surface area contributed by atoms with E-state index in [4.69, 9.17) is 5.73 Å². The second-order valence-corrected chi connectivity index (χ2v) is 5.23. The van der Waals surface area contributed by atoms with Crippen LogP contribution >= 0.6 is 0 Å². The van der Waals surface area contributed by atoms with Crippen LogP contribution in [0.4, 0.5) is 0 Å². The van der Waals surface area contributed by atoms with Crippen molar-refractivity contribution in [3.63, 3.8) is 0 Å². The number of methoxy groups -OCH3 is 1. The molecule has 0 heterocycles. The monoisotopic (exact) mass is 294 g/mol. The average molecular weight is 294 g/mol. The number of hydrogen-bond acceptors (Lipinski definition) is 5. The Bertz CT molecular complexity index is 485. The number of aromatic hydroxyl groups is 1. The minimum Gasteiger partial charge on any atom is -0.508 e. The highest BCUT2D eigenvalue weighted by atomic mass is 16.5. The minimum absolute atomic E-state index is 0.0951. The SMILES string of the molecule is COC(=O)[C@H](NC(=O)[C@@H](N)Cc1ccc(O)cc1)C(C)C. The van der Waals surface area contributed by atoms with Gasteiger partial charge in [-0.05, 0) is 30.0 Å². The molecule has 0 saturated carbocycles. The molecule has 21 heavy (non-hydrogen) atoms. The van der Waals surface area contributed by atoms with E-state index in [2.05, 4.69) is 10.1 Å². The van der Waals surface area contributed by atoms with Crippen LogP contribution in [0.5, 0.6) is 5.75 Å². The van der Waals surface area contributed by atoms with E-state index in [-0.39, 0.29) is 11.7 Å². The lowest BCUT2D eigenvalue weighted by Gasteiger charge is -2.22. The van der Waals surface area contributed by atoms with Crippen molar-refractivity contribution in [2.24, 2.45) is 11.7 Å². The molecule has 6 heteroatoms. The minimum atomic E-state index is -0.777. The molecule has 1 rings (SSSR count). The number of phenolic OH excluding ortho intramolecular Hbond substituents is 1. The molecule has 0 radical (unpaired) electrons. The standard InChI is InChI=1S/C15H22N2O4/c1-9(2)13(15(20)21-3)17-14(19)12(16)8-10-4-6-11(18)7-5-10/h4-7,9,12-13,18H,8,16H2,1-3H3,(H,17,19)/t12-,13+/m0/s1. The zero-order chi connectivity index (χ0) is 16.0. The molecule has 0 aliphatic carbocycles. The van der Waals surface area contributed by atoms with Crippen LogP contribution in [0.15, 0.2) is 24.3 Å². The molecule has 4 N–H and O–H groups in total. The predicted molar refractivity (Wildman–Crippen MR) is 78.6 cm³/mol. The van der Waals surface area contributed by atoms with E-state index in [1.807, 2.05) is 13.8 Å². The van der Waals surface area contributed by atoms with Crippen molar-refractivity contribution in [1.29, 1.82) is 0 Å². The summed E-state index contributed by atoms with van der Waals surface area (Å²) in [6.07, 6.45) is 0.318. The Morgan fingerprint density at radius 2 is 1.86 bits per heavy atom. The van der Waals surface area contributed by atoms with Crippen LogP contribution in [-0.2, 0) is 20.7 Å². The fraction of sp³-hybridized carbons (Fsp3) is 0.467. The van der Waals surface area contributed by atoms with E-state index in [1.165, 1.54) is 19.2 Å². The first kappa shape index (κ1) is 17.0. The molecule has 6 nitrogen and oxygen atoms in total. The second kappa shape index (κ2) is 7.64. The molecule has 2 atom stereocenters. The Hall–Kier alpha value is -2.08. The third kappa shape index (κ3) is 5.07. The van der Waals surface area contributed by atoms with Crippen molar-refractivity contribution in [3.05, 3.63) is 29.8 Å². The average Bonchev–Trinajstić information content (AvgIpc) is 2.45. The van der Waals surface area contributed by atoms with Gasteiger partial charge in [0, 0.05) is 0 Å². The summed E-state index contributed by atoms with van der Waals surface area (Å²) >= 11 is 0. The summed E-state index contributed by atoms with van der Waals surface area (Å²) in [5.41, 5.74) is 6.68. The first-order chi connectivity index (χ1) is 9.85. The smallest absolute Gasteiger partial charge is 0.328 e. The number of nitrogens with one attached hydrogen (secondary N) is 1. The lowest BCUT2D eigenvalue weighted by atomic mass is 10.0. The van der Waals surface area contributed by atoms with Gasteiger partial charge in [0.25, 0.3) is 0 Å². The van der Waals surface area contributed by atoms with Gasteiger partial charge in [0.1, 0.15) is 11.8 Å². The number of rotatable bonds is 6. The first-order valence-corrected chi connectivity index (χ1v) is 6.76. The van der Waals surface area contributed by atoms with Gasteiger partial charge in [-0.15, -0.1) is 0 Å². The van der Waals surface area contributed by atoms with Crippen molar-refractivity contribution in [2.45, 2.75) is 32.4 Å². The largest absolute Gasteiger partial charge is 0.508 e. The summed E-state index contributed by atoms with van der Waals surface area (Å²) in [6.45, 7) is 3.63. The summed E-state index contributed by atoms with van der Waals surface area (Å²) < 4.78 is 4.66. The van der Waals surface area contributed by atoms with Crippen LogP contribution in [0.3, 0.4) is 0 Å². The van der Waals surface area contributed by atoms with Gasteiger partial charge in [-0.3, -0.25) is 4.79 Å². The molecule has 0 aliphatic heterocycles. The third-order valence-corrected chi connectivity index (χ3v) is 3.15. The highest BCUT2D eigenvalue weighted by Crippen LogP contribution is 2.11. The molecule has 0 fully saturated rings. The van der Waals surface area contributed by atoms with Crippen molar-refractivity contribution in [1.82, 2.24) is 5.32 Å². The number of phenols is 1. The number of nitrogens with two attached hydrogens (primary N) is 1. The Morgan fingerprint density at radius 1 is 1.29 bits per heavy atom. The van der Waals surface area contributed by atoms with E-state index in [1.54, 1.807) is 12.1 Å². The van der Waals surface area contributed by atoms with Gasteiger partial charge in [0.2, 0.25) is 5.91 Å². The molecule has 0 unspecified atom stereocenters. The topological polar surface area (TPSA) is 102 Å². The quantitative estimate of drug-likeness (QED) is 0.666. The number of carbonyl (C=O) groups excluding carboxylic acids is 2. The molecule has 0 bridgehead atoms. The maximum absolute atomic E-state index is 12.1. The summed E-state index contributed by atoms with van der Waals surface area (Å²) in [5.74, 6) is -0.841. The summed E-state index contributed by atoms with van der Waals surface area (Å²) in [6, 6.07) is 4.97. The lowest BCUT2D eigenvalue weighted by Crippen LogP contribution is -2.51. The maximum atomic E-state index is 12.1. The maximum Gasteiger partial charge on any atom is 0.328 e. The van der Waals surface area contributed by atoms with Gasteiger partial charge in [0.05, 0.1) is 13.2 Å². The molecule has 0 aromatic heterocycles. The van der Waals surface area contributed by atoms with E-state index in [9.17, 15) is 14.7 Å². The van der Waals surface area contributed by atoms with Gasteiger partial charge in [-0.2, -0.15) is 0 Å². The Balaban J connectivity index is 2.64. The normalized spacial score (nSPS) is 13.6. The summed E-state index contributed by atoms with van der Waals surface area (Å²) in [5, 5.41) is 11.8.